The second-order valence-electron chi connectivity index (χ2n) is 12.9. The summed E-state index contributed by atoms with van der Waals surface area (Å²) in [6.07, 6.45) is 0. The van der Waals surface area contributed by atoms with Crippen LogP contribution in [0, 0.1) is 0 Å². The van der Waals surface area contributed by atoms with Gasteiger partial charge in [0.15, 0.2) is 68.7 Å². The van der Waals surface area contributed by atoms with Crippen molar-refractivity contribution in [2.45, 2.75) is 0 Å². The zero-order valence-corrected chi connectivity index (χ0v) is 28.2. The third-order valence-electron chi connectivity index (χ3n) is 10.0. The molecule has 0 radical (unpaired) electrons. The lowest BCUT2D eigenvalue weighted by molar-refractivity contribution is 0.347. The van der Waals surface area contributed by atoms with E-state index in [1.807, 2.05) is 0 Å². The predicted molar refractivity (Wildman–Crippen MR) is 194 cm³/mol. The summed E-state index contributed by atoms with van der Waals surface area (Å²) in [5, 5.41) is 232. The molecule has 7 aromatic carbocycles. The first-order valence-corrected chi connectivity index (χ1v) is 15.8. The van der Waals surface area contributed by atoms with Crippen LogP contribution in [0.3, 0.4) is 0 Å². The molecule has 0 atom stereocenters. The summed E-state index contributed by atoms with van der Waals surface area (Å²) in [5.41, 5.74) is -7.27. The number of fused-ring (bicyclic) bond motifs is 6. The Labute approximate surface area is 319 Å². The van der Waals surface area contributed by atoms with E-state index in [0.717, 1.165) is 0 Å². The van der Waals surface area contributed by atoms with Gasteiger partial charge < -0.3 is 117 Å². The molecule has 0 saturated carbocycles. The highest BCUT2D eigenvalue weighted by atomic mass is 16.4. The third kappa shape index (κ3) is 4.02. The van der Waals surface area contributed by atoms with Gasteiger partial charge in [-0.05, 0) is 0 Å². The number of hydrogen-bond acceptors (Lipinski definition) is 23. The zero-order valence-electron chi connectivity index (χ0n) is 28.2. The number of hydrogen-bond donors (Lipinski definition) is 22. The SMILES string of the molecule is Oc1c(O)c(O)c2c(oc3c(O)c(O)c(O)c(-c4c5c(O)c(O)c(O)c(O)c5c(-c5c(O)c(O)c6c(O)c(O)c(O)c(O)c6c5O)c5c(O)c(O)c(O)c(O)c45)c32)c1O. The van der Waals surface area contributed by atoms with Crippen LogP contribution in [0.15, 0.2) is 4.42 Å². The van der Waals surface area contributed by atoms with Crippen LogP contribution in [0.5, 0.6) is 126 Å². The molecule has 0 fully saturated rings. The number of benzene rings is 7. The standard InChI is InChI=1S/C36H22O23/c37-13-9(19(43)20(44)11-10(13)21(45)28(52)29(53)22(11)46)2-5-3(14(38)24(48)26(50)16(5)40)1(4-6(2)17(41)27(51)25(49)15(4)39)7-8-12-23(47)30(54)32(56)34(58)36(12)59-35(8)33(57)31(55)18(7)42/h37-58H. The van der Waals surface area contributed by atoms with Gasteiger partial charge in [0, 0.05) is 43.6 Å². The molecule has 0 aliphatic heterocycles. The summed E-state index contributed by atoms with van der Waals surface area (Å²) < 4.78 is 5.38. The van der Waals surface area contributed by atoms with Gasteiger partial charge in [-0.3, -0.25) is 0 Å². The molecule has 0 bridgehead atoms. The van der Waals surface area contributed by atoms with Gasteiger partial charge in [-0.1, -0.05) is 0 Å². The van der Waals surface area contributed by atoms with Crippen molar-refractivity contribution in [3.63, 3.8) is 0 Å². The average Bonchev–Trinajstić information content (AvgIpc) is 3.61. The maximum Gasteiger partial charge on any atom is 0.208 e. The van der Waals surface area contributed by atoms with E-state index < -0.39 is 203 Å². The monoisotopic (exact) mass is 822 g/mol. The van der Waals surface area contributed by atoms with Crippen molar-refractivity contribution >= 4 is 54.3 Å². The fraction of sp³-hybridized carbons (Fsp3) is 0. The van der Waals surface area contributed by atoms with E-state index in [9.17, 15) is 112 Å². The van der Waals surface area contributed by atoms with Crippen molar-refractivity contribution in [2.75, 3.05) is 0 Å². The summed E-state index contributed by atoms with van der Waals surface area (Å²) in [7, 11) is 0. The van der Waals surface area contributed by atoms with Crippen molar-refractivity contribution in [2.24, 2.45) is 0 Å². The predicted octanol–water partition coefficient (Wildman–Crippen LogP) is 3.90. The Balaban J connectivity index is 1.81. The summed E-state index contributed by atoms with van der Waals surface area (Å²) in [4.78, 5) is 0. The van der Waals surface area contributed by atoms with Crippen LogP contribution in [0.4, 0.5) is 0 Å². The summed E-state index contributed by atoms with van der Waals surface area (Å²) in [5.74, 6) is -34.6. The van der Waals surface area contributed by atoms with E-state index >= 15 is 0 Å². The van der Waals surface area contributed by atoms with Crippen molar-refractivity contribution in [3.8, 4) is 149 Å². The molecular formula is C36H22O23. The molecule has 8 rings (SSSR count). The molecular weight excluding hydrogens is 800 g/mol. The molecule has 1 aromatic heterocycles. The molecule has 22 N–H and O–H groups in total. The van der Waals surface area contributed by atoms with Crippen LogP contribution < -0.4 is 0 Å². The van der Waals surface area contributed by atoms with E-state index in [4.69, 9.17) is 4.42 Å². The topological polar surface area (TPSA) is 458 Å². The van der Waals surface area contributed by atoms with Crippen molar-refractivity contribution in [1.29, 1.82) is 0 Å². The minimum atomic E-state index is -1.68. The van der Waals surface area contributed by atoms with Gasteiger partial charge in [0.1, 0.15) is 5.75 Å². The third-order valence-corrected chi connectivity index (χ3v) is 10.0. The van der Waals surface area contributed by atoms with Gasteiger partial charge in [0.2, 0.25) is 63.2 Å². The Bertz CT molecular complexity index is 3260. The lowest BCUT2D eigenvalue weighted by atomic mass is 9.81. The van der Waals surface area contributed by atoms with Gasteiger partial charge in [-0.25, -0.2) is 0 Å². The molecule has 0 aliphatic rings. The highest BCUT2D eigenvalue weighted by molar-refractivity contribution is 6.34. The second kappa shape index (κ2) is 11.2. The van der Waals surface area contributed by atoms with Gasteiger partial charge in [-0.2, -0.15) is 0 Å². The Morgan fingerprint density at radius 1 is 0.153 bits per heavy atom. The molecule has 304 valence electrons. The summed E-state index contributed by atoms with van der Waals surface area (Å²) in [6, 6.07) is 0. The first-order valence-electron chi connectivity index (χ1n) is 15.8. The minimum absolute atomic E-state index is 0.981. The van der Waals surface area contributed by atoms with Crippen molar-refractivity contribution in [1.82, 2.24) is 0 Å². The highest BCUT2D eigenvalue weighted by Crippen LogP contribution is 2.68. The average molecular weight is 823 g/mol. The van der Waals surface area contributed by atoms with Crippen LogP contribution in [0.2, 0.25) is 0 Å². The van der Waals surface area contributed by atoms with Gasteiger partial charge in [-0.15, -0.1) is 0 Å². The smallest absolute Gasteiger partial charge is 0.208 e. The molecule has 0 saturated heterocycles. The van der Waals surface area contributed by atoms with E-state index in [-0.39, 0.29) is 0 Å². The maximum absolute atomic E-state index is 11.7. The molecule has 23 heteroatoms. The minimum Gasteiger partial charge on any atom is -0.506 e. The van der Waals surface area contributed by atoms with Crippen LogP contribution in [-0.2, 0) is 0 Å². The van der Waals surface area contributed by atoms with Gasteiger partial charge in [0.25, 0.3) is 0 Å². The van der Waals surface area contributed by atoms with E-state index in [0.29, 0.717) is 0 Å². The van der Waals surface area contributed by atoms with E-state index in [1.54, 1.807) is 0 Å². The lowest BCUT2D eigenvalue weighted by Crippen LogP contribution is -1.97. The molecule has 1 heterocycles. The number of phenols is 22. The summed E-state index contributed by atoms with van der Waals surface area (Å²) in [6.45, 7) is 0. The van der Waals surface area contributed by atoms with Crippen molar-refractivity contribution in [3.05, 3.63) is 0 Å². The first kappa shape index (κ1) is 36.7. The van der Waals surface area contributed by atoms with E-state index in [2.05, 4.69) is 0 Å². The maximum atomic E-state index is 11.7. The number of furan rings is 1. The molecule has 23 nitrogen and oxygen atoms in total. The lowest BCUT2D eigenvalue weighted by Gasteiger charge is -2.24. The quantitative estimate of drug-likeness (QED) is 0.0667. The van der Waals surface area contributed by atoms with Crippen LogP contribution >= 0.6 is 0 Å². The molecule has 0 unspecified atom stereocenters. The van der Waals surface area contributed by atoms with Gasteiger partial charge in [0.05, 0.1) is 21.7 Å². The molecule has 0 amide bonds. The fourth-order valence-corrected chi connectivity index (χ4v) is 7.37. The van der Waals surface area contributed by atoms with Crippen LogP contribution in [-0.4, -0.2) is 112 Å². The zero-order chi connectivity index (χ0) is 43.5. The molecule has 59 heavy (non-hydrogen) atoms. The first-order chi connectivity index (χ1) is 27.5. The Kier molecular flexibility index (Phi) is 6.94. The largest absolute Gasteiger partial charge is 0.506 e. The summed E-state index contributed by atoms with van der Waals surface area (Å²) >= 11 is 0. The normalized spacial score (nSPS) is 11.9. The number of phenolic OH excluding ortho intramolecular Hbond substituents is 22. The second-order valence-corrected chi connectivity index (χ2v) is 12.9. The highest BCUT2D eigenvalue weighted by Gasteiger charge is 2.39. The van der Waals surface area contributed by atoms with Gasteiger partial charge >= 0.3 is 0 Å². The number of aromatic hydroxyl groups is 22. The van der Waals surface area contributed by atoms with Crippen LogP contribution in [0.25, 0.3) is 76.5 Å². The Morgan fingerprint density at radius 2 is 0.390 bits per heavy atom. The van der Waals surface area contributed by atoms with Crippen molar-refractivity contribution < 1.29 is 117 Å². The molecule has 0 spiro atoms. The van der Waals surface area contributed by atoms with E-state index in [1.165, 1.54) is 0 Å². The Hall–Kier alpha value is -9.28. The van der Waals surface area contributed by atoms with Crippen LogP contribution in [0.1, 0.15) is 0 Å². The fourth-order valence-electron chi connectivity index (χ4n) is 7.37. The number of rotatable bonds is 2. The molecule has 8 aromatic rings. The molecule has 0 aliphatic carbocycles. The Morgan fingerprint density at radius 3 is 0.780 bits per heavy atom.